The lowest BCUT2D eigenvalue weighted by atomic mass is 10.1. The maximum Gasteiger partial charge on any atom is 0.0346 e. The fourth-order valence-electron chi connectivity index (χ4n) is 1.86. The predicted octanol–water partition coefficient (Wildman–Crippen LogP) is 4.12. The Bertz CT molecular complexity index is 452. The fraction of sp³-hybridized carbons (Fsp3) is 0.385. The second-order valence-corrected chi connectivity index (χ2v) is 5.52. The smallest absolute Gasteiger partial charge is 0.0346 e. The third kappa shape index (κ3) is 2.65. The van der Waals surface area contributed by atoms with Crippen LogP contribution in [0.25, 0.3) is 10.1 Å². The zero-order chi connectivity index (χ0) is 11.4. The molecule has 0 atom stereocenters. The molecule has 0 radical (unpaired) electrons. The molecule has 0 bridgehead atoms. The van der Waals surface area contributed by atoms with Gasteiger partial charge in [0.2, 0.25) is 0 Å². The Morgan fingerprint density at radius 2 is 2.12 bits per heavy atom. The monoisotopic (exact) mass is 297 g/mol. The van der Waals surface area contributed by atoms with Gasteiger partial charge in [-0.2, -0.15) is 0 Å². The fourth-order valence-corrected chi connectivity index (χ4v) is 3.32. The van der Waals surface area contributed by atoms with Crippen molar-refractivity contribution in [3.8, 4) is 0 Å². The Balaban J connectivity index is 2.20. The molecule has 0 unspecified atom stereocenters. The molecule has 2 aromatic rings. The van der Waals surface area contributed by atoms with Gasteiger partial charge in [0, 0.05) is 23.1 Å². The summed E-state index contributed by atoms with van der Waals surface area (Å²) in [5.41, 5.74) is 1.46. The van der Waals surface area contributed by atoms with E-state index in [1.807, 2.05) is 11.3 Å². The van der Waals surface area contributed by atoms with Crippen molar-refractivity contribution >= 4 is 37.4 Å². The van der Waals surface area contributed by atoms with Crippen LogP contribution in [0.2, 0.25) is 0 Å². The van der Waals surface area contributed by atoms with Crippen LogP contribution in [0.15, 0.2) is 29.6 Å². The van der Waals surface area contributed by atoms with Gasteiger partial charge in [-0.1, -0.05) is 41.1 Å². The Labute approximate surface area is 109 Å². The van der Waals surface area contributed by atoms with E-state index in [9.17, 15) is 0 Å². The lowest BCUT2D eigenvalue weighted by Gasteiger charge is -2.18. The van der Waals surface area contributed by atoms with Crippen molar-refractivity contribution < 1.29 is 0 Å². The Morgan fingerprint density at radius 1 is 1.31 bits per heavy atom. The highest BCUT2D eigenvalue weighted by molar-refractivity contribution is 9.09. The third-order valence-electron chi connectivity index (χ3n) is 2.80. The summed E-state index contributed by atoms with van der Waals surface area (Å²) < 4.78 is 1.40. The topological polar surface area (TPSA) is 3.24 Å². The molecule has 16 heavy (non-hydrogen) atoms. The van der Waals surface area contributed by atoms with Crippen molar-refractivity contribution in [2.45, 2.75) is 13.5 Å². The minimum absolute atomic E-state index is 1.04. The maximum absolute atomic E-state index is 3.51. The van der Waals surface area contributed by atoms with Crippen molar-refractivity contribution in [3.63, 3.8) is 0 Å². The molecule has 0 saturated carbocycles. The van der Waals surface area contributed by atoms with Gasteiger partial charge in [0.05, 0.1) is 0 Å². The van der Waals surface area contributed by atoms with Gasteiger partial charge in [-0.15, -0.1) is 11.3 Å². The van der Waals surface area contributed by atoms with E-state index in [4.69, 9.17) is 0 Å². The van der Waals surface area contributed by atoms with Crippen molar-refractivity contribution in [2.75, 3.05) is 18.4 Å². The Morgan fingerprint density at radius 3 is 2.88 bits per heavy atom. The van der Waals surface area contributed by atoms with Crippen molar-refractivity contribution in [1.82, 2.24) is 4.90 Å². The van der Waals surface area contributed by atoms with Crippen LogP contribution >= 0.6 is 27.3 Å². The highest BCUT2D eigenvalue weighted by Gasteiger charge is 2.07. The van der Waals surface area contributed by atoms with E-state index in [0.717, 1.165) is 25.0 Å². The first-order chi connectivity index (χ1) is 7.85. The molecule has 1 nitrogen and oxygen atoms in total. The molecule has 86 valence electrons. The van der Waals surface area contributed by atoms with Gasteiger partial charge in [-0.05, 0) is 28.9 Å². The van der Waals surface area contributed by atoms with E-state index in [1.165, 1.54) is 15.6 Å². The second-order valence-electron chi connectivity index (χ2n) is 3.81. The summed E-state index contributed by atoms with van der Waals surface area (Å²) in [5.74, 6) is 0. The van der Waals surface area contributed by atoms with E-state index in [-0.39, 0.29) is 0 Å². The number of alkyl halides is 1. The Kier molecular flexibility index (Phi) is 4.38. The molecule has 1 heterocycles. The van der Waals surface area contributed by atoms with Gasteiger partial charge >= 0.3 is 0 Å². The summed E-state index contributed by atoms with van der Waals surface area (Å²) in [5, 5.41) is 4.75. The number of rotatable bonds is 5. The largest absolute Gasteiger partial charge is 0.298 e. The van der Waals surface area contributed by atoms with Crippen LogP contribution in [-0.2, 0) is 6.54 Å². The quantitative estimate of drug-likeness (QED) is 0.751. The molecule has 0 aliphatic carbocycles. The van der Waals surface area contributed by atoms with Gasteiger partial charge in [-0.25, -0.2) is 0 Å². The number of hydrogen-bond acceptors (Lipinski definition) is 2. The van der Waals surface area contributed by atoms with Gasteiger partial charge in [0.25, 0.3) is 0 Å². The molecule has 2 rings (SSSR count). The average Bonchev–Trinajstić information content (AvgIpc) is 2.72. The second kappa shape index (κ2) is 5.80. The molecule has 0 saturated heterocycles. The molecule has 3 heteroatoms. The number of benzene rings is 1. The van der Waals surface area contributed by atoms with E-state index >= 15 is 0 Å². The van der Waals surface area contributed by atoms with Crippen LogP contribution in [0, 0.1) is 0 Å². The van der Waals surface area contributed by atoms with E-state index in [1.54, 1.807) is 0 Å². The summed E-state index contributed by atoms with van der Waals surface area (Å²) >= 11 is 5.35. The summed E-state index contributed by atoms with van der Waals surface area (Å²) in [4.78, 5) is 2.46. The zero-order valence-corrected chi connectivity index (χ0v) is 11.9. The van der Waals surface area contributed by atoms with Gasteiger partial charge in [-0.3, -0.25) is 4.90 Å². The highest BCUT2D eigenvalue weighted by atomic mass is 79.9. The number of hydrogen-bond donors (Lipinski definition) is 0. The number of thiophene rings is 1. The first-order valence-corrected chi connectivity index (χ1v) is 7.58. The zero-order valence-electron chi connectivity index (χ0n) is 9.45. The molecule has 0 N–H and O–H groups in total. The Hall–Kier alpha value is -0.380. The molecule has 0 aliphatic heterocycles. The lowest BCUT2D eigenvalue weighted by molar-refractivity contribution is 0.300. The lowest BCUT2D eigenvalue weighted by Crippen LogP contribution is -2.24. The standard InChI is InChI=1S/C13H16BrNS/c1-2-15(8-7-14)9-11-10-16-13-6-4-3-5-12(11)13/h3-6,10H,2,7-9H2,1H3. The highest BCUT2D eigenvalue weighted by Crippen LogP contribution is 2.26. The SMILES string of the molecule is CCN(CCBr)Cc1csc2ccccc12. The normalized spacial score (nSPS) is 11.4. The molecular weight excluding hydrogens is 282 g/mol. The van der Waals surface area contributed by atoms with Crippen LogP contribution in [0.1, 0.15) is 12.5 Å². The summed E-state index contributed by atoms with van der Waals surface area (Å²) in [7, 11) is 0. The first kappa shape index (κ1) is 12.1. The summed E-state index contributed by atoms with van der Waals surface area (Å²) in [6.45, 7) is 5.50. The van der Waals surface area contributed by atoms with Gasteiger partial charge in [0.1, 0.15) is 0 Å². The van der Waals surface area contributed by atoms with Crippen molar-refractivity contribution in [1.29, 1.82) is 0 Å². The third-order valence-corrected chi connectivity index (χ3v) is 4.17. The average molecular weight is 298 g/mol. The number of nitrogens with zero attached hydrogens (tertiary/aromatic N) is 1. The van der Waals surface area contributed by atoms with Crippen LogP contribution in [0.5, 0.6) is 0 Å². The molecule has 0 aliphatic rings. The minimum Gasteiger partial charge on any atom is -0.298 e. The van der Waals surface area contributed by atoms with Gasteiger partial charge < -0.3 is 0 Å². The molecule has 0 amide bonds. The van der Waals surface area contributed by atoms with E-state index in [0.29, 0.717) is 0 Å². The van der Waals surface area contributed by atoms with Crippen LogP contribution < -0.4 is 0 Å². The maximum atomic E-state index is 3.51. The molecule has 1 aromatic heterocycles. The number of halogens is 1. The molecule has 1 aromatic carbocycles. The molecular formula is C13H16BrNS. The molecule has 0 spiro atoms. The van der Waals surface area contributed by atoms with Crippen molar-refractivity contribution in [2.24, 2.45) is 0 Å². The van der Waals surface area contributed by atoms with Crippen LogP contribution in [-0.4, -0.2) is 23.3 Å². The van der Waals surface area contributed by atoms with Crippen LogP contribution in [0.4, 0.5) is 0 Å². The summed E-state index contributed by atoms with van der Waals surface area (Å²) in [6.07, 6.45) is 0. The molecule has 0 fully saturated rings. The summed E-state index contributed by atoms with van der Waals surface area (Å²) in [6, 6.07) is 8.66. The number of fused-ring (bicyclic) bond motifs is 1. The first-order valence-electron chi connectivity index (χ1n) is 5.58. The van der Waals surface area contributed by atoms with Gasteiger partial charge in [0.15, 0.2) is 0 Å². The van der Waals surface area contributed by atoms with E-state index < -0.39 is 0 Å². The van der Waals surface area contributed by atoms with Crippen LogP contribution in [0.3, 0.4) is 0 Å². The minimum atomic E-state index is 1.04. The van der Waals surface area contributed by atoms with E-state index in [2.05, 4.69) is 57.4 Å². The van der Waals surface area contributed by atoms with Crippen molar-refractivity contribution in [3.05, 3.63) is 35.2 Å². The predicted molar refractivity (Wildman–Crippen MR) is 76.6 cm³/mol.